The van der Waals surface area contributed by atoms with Crippen LogP contribution in [-0.4, -0.2) is 13.7 Å². The summed E-state index contributed by atoms with van der Waals surface area (Å²) < 4.78 is 7.20. The quantitative estimate of drug-likeness (QED) is 0.876. The van der Waals surface area contributed by atoms with Crippen LogP contribution >= 0.6 is 27.3 Å². The molecule has 20 heavy (non-hydrogen) atoms. The first-order valence-electron chi connectivity index (χ1n) is 6.90. The van der Waals surface area contributed by atoms with E-state index in [2.05, 4.69) is 57.6 Å². The summed E-state index contributed by atoms with van der Waals surface area (Å²) in [7, 11) is 2.02. The molecule has 0 saturated carbocycles. The summed E-state index contributed by atoms with van der Waals surface area (Å²) in [5, 5.41) is 3.42. The van der Waals surface area contributed by atoms with Crippen LogP contribution in [0.1, 0.15) is 34.6 Å². The number of rotatable bonds is 4. The van der Waals surface area contributed by atoms with Crippen LogP contribution in [0.2, 0.25) is 0 Å². The summed E-state index contributed by atoms with van der Waals surface area (Å²) >= 11 is 5.33. The molecule has 1 N–H and O–H groups in total. The highest BCUT2D eigenvalue weighted by Crippen LogP contribution is 2.36. The lowest BCUT2D eigenvalue weighted by Crippen LogP contribution is -2.23. The van der Waals surface area contributed by atoms with Crippen molar-refractivity contribution in [3.63, 3.8) is 0 Å². The molecule has 0 radical (unpaired) electrons. The highest BCUT2D eigenvalue weighted by molar-refractivity contribution is 9.11. The lowest BCUT2D eigenvalue weighted by Gasteiger charge is -2.29. The normalized spacial score (nSPS) is 19.6. The molecule has 2 nitrogen and oxygen atoms in total. The Morgan fingerprint density at radius 2 is 2.20 bits per heavy atom. The zero-order valence-corrected chi connectivity index (χ0v) is 13.8. The first-order valence-corrected chi connectivity index (χ1v) is 8.51. The van der Waals surface area contributed by atoms with Crippen LogP contribution in [0.25, 0.3) is 0 Å². The monoisotopic (exact) mass is 351 g/mol. The van der Waals surface area contributed by atoms with Gasteiger partial charge in [0.05, 0.1) is 16.5 Å². The zero-order valence-electron chi connectivity index (χ0n) is 11.4. The van der Waals surface area contributed by atoms with E-state index >= 15 is 0 Å². The van der Waals surface area contributed by atoms with E-state index in [1.165, 1.54) is 19.8 Å². The maximum absolute atomic E-state index is 6.02. The minimum Gasteiger partial charge on any atom is -0.373 e. The fourth-order valence-corrected chi connectivity index (χ4v) is 4.32. The van der Waals surface area contributed by atoms with Crippen LogP contribution in [0, 0.1) is 0 Å². The predicted molar refractivity (Wildman–Crippen MR) is 87.3 cm³/mol. The van der Waals surface area contributed by atoms with Gasteiger partial charge < -0.3 is 10.1 Å². The summed E-state index contributed by atoms with van der Waals surface area (Å²) in [6.45, 7) is 0.826. The molecule has 0 saturated heterocycles. The van der Waals surface area contributed by atoms with Crippen molar-refractivity contribution in [1.29, 1.82) is 0 Å². The number of hydrogen-bond donors (Lipinski definition) is 1. The van der Waals surface area contributed by atoms with Gasteiger partial charge in [0.1, 0.15) is 0 Å². The van der Waals surface area contributed by atoms with Crippen LogP contribution in [0.15, 0.2) is 40.2 Å². The van der Waals surface area contributed by atoms with Crippen molar-refractivity contribution in [2.75, 3.05) is 13.7 Å². The van der Waals surface area contributed by atoms with Gasteiger partial charge in [-0.1, -0.05) is 24.3 Å². The molecule has 0 aliphatic carbocycles. The highest BCUT2D eigenvalue weighted by Gasteiger charge is 2.24. The number of benzene rings is 1. The van der Waals surface area contributed by atoms with Gasteiger partial charge in [0.15, 0.2) is 0 Å². The second-order valence-corrected chi connectivity index (χ2v) is 7.52. The Hall–Kier alpha value is -0.680. The van der Waals surface area contributed by atoms with E-state index in [-0.39, 0.29) is 6.10 Å². The van der Waals surface area contributed by atoms with Gasteiger partial charge >= 0.3 is 0 Å². The molecule has 0 bridgehead atoms. The van der Waals surface area contributed by atoms with E-state index in [1.807, 2.05) is 7.05 Å². The van der Waals surface area contributed by atoms with Crippen molar-refractivity contribution in [2.24, 2.45) is 0 Å². The van der Waals surface area contributed by atoms with E-state index < -0.39 is 0 Å². The molecular formula is C16H18BrNOS. The first-order chi connectivity index (χ1) is 9.78. The molecule has 1 aromatic carbocycles. The summed E-state index contributed by atoms with van der Waals surface area (Å²) in [4.78, 5) is 1.35. The molecule has 1 aliphatic heterocycles. The van der Waals surface area contributed by atoms with Crippen molar-refractivity contribution in [3.8, 4) is 0 Å². The minimum absolute atomic E-state index is 0.193. The second-order valence-electron chi connectivity index (χ2n) is 5.03. The Morgan fingerprint density at radius 3 is 2.95 bits per heavy atom. The lowest BCUT2D eigenvalue weighted by molar-refractivity contribution is 0.0301. The van der Waals surface area contributed by atoms with Crippen LogP contribution in [0.3, 0.4) is 0 Å². The Morgan fingerprint density at radius 1 is 1.35 bits per heavy atom. The average molecular weight is 352 g/mol. The number of nitrogens with one attached hydrogen (secondary N) is 1. The van der Waals surface area contributed by atoms with Gasteiger partial charge in [0, 0.05) is 10.9 Å². The van der Waals surface area contributed by atoms with Gasteiger partial charge in [-0.05, 0) is 59.1 Å². The van der Waals surface area contributed by atoms with Gasteiger partial charge in [-0.25, -0.2) is 0 Å². The first kappa shape index (κ1) is 14.3. The molecule has 2 atom stereocenters. The van der Waals surface area contributed by atoms with Gasteiger partial charge in [-0.3, -0.25) is 0 Å². The number of fused-ring (bicyclic) bond motifs is 1. The molecule has 0 fully saturated rings. The molecule has 1 aromatic heterocycles. The van der Waals surface area contributed by atoms with Crippen LogP contribution in [0.4, 0.5) is 0 Å². The van der Waals surface area contributed by atoms with Crippen LogP contribution in [-0.2, 0) is 11.2 Å². The van der Waals surface area contributed by atoms with E-state index in [0.717, 1.165) is 19.4 Å². The largest absolute Gasteiger partial charge is 0.373 e. The Labute approximate surface area is 132 Å². The fraction of sp³-hybridized carbons (Fsp3) is 0.375. The van der Waals surface area contributed by atoms with E-state index in [4.69, 9.17) is 4.74 Å². The standard InChI is InChI=1S/C16H18BrNOS/c1-18-13(15-6-7-16(17)20-15)10-14-12-5-3-2-4-11(12)8-9-19-14/h2-7,13-14,18H,8-10H2,1H3. The number of ether oxygens (including phenoxy) is 1. The summed E-state index contributed by atoms with van der Waals surface area (Å²) in [6, 6.07) is 13.3. The maximum Gasteiger partial charge on any atom is 0.0846 e. The molecule has 2 unspecified atom stereocenters. The minimum atomic E-state index is 0.193. The molecule has 4 heteroatoms. The van der Waals surface area contributed by atoms with Crippen molar-refractivity contribution in [1.82, 2.24) is 5.32 Å². The SMILES string of the molecule is CNC(CC1OCCc2ccccc21)c1ccc(Br)s1. The third-order valence-corrected chi connectivity index (χ3v) is 5.57. The highest BCUT2D eigenvalue weighted by atomic mass is 79.9. The maximum atomic E-state index is 6.02. The smallest absolute Gasteiger partial charge is 0.0846 e. The number of halogens is 1. The van der Waals surface area contributed by atoms with Gasteiger partial charge in [-0.15, -0.1) is 11.3 Å². The molecule has 0 amide bonds. The van der Waals surface area contributed by atoms with E-state index in [1.54, 1.807) is 11.3 Å². The molecule has 2 aromatic rings. The molecule has 106 valence electrons. The summed E-state index contributed by atoms with van der Waals surface area (Å²) in [5.74, 6) is 0. The number of thiophene rings is 1. The number of hydrogen-bond acceptors (Lipinski definition) is 3. The Kier molecular flexibility index (Phi) is 4.56. The second kappa shape index (κ2) is 6.39. The topological polar surface area (TPSA) is 21.3 Å². The third kappa shape index (κ3) is 2.98. The van der Waals surface area contributed by atoms with Crippen LogP contribution in [0.5, 0.6) is 0 Å². The van der Waals surface area contributed by atoms with Gasteiger partial charge in [0.2, 0.25) is 0 Å². The van der Waals surface area contributed by atoms with E-state index in [9.17, 15) is 0 Å². The fourth-order valence-electron chi connectivity index (χ4n) is 2.78. The molecule has 3 rings (SSSR count). The third-order valence-electron chi connectivity index (χ3n) is 3.83. The lowest BCUT2D eigenvalue weighted by atomic mass is 9.93. The van der Waals surface area contributed by atoms with Crippen molar-refractivity contribution >= 4 is 27.3 Å². The Balaban J connectivity index is 1.80. The molecule has 2 heterocycles. The van der Waals surface area contributed by atoms with Crippen molar-refractivity contribution in [2.45, 2.75) is 25.0 Å². The van der Waals surface area contributed by atoms with E-state index in [0.29, 0.717) is 6.04 Å². The van der Waals surface area contributed by atoms with Crippen molar-refractivity contribution < 1.29 is 4.74 Å². The molecule has 0 spiro atoms. The predicted octanol–water partition coefficient (Wildman–Crippen LogP) is 4.48. The van der Waals surface area contributed by atoms with Gasteiger partial charge in [0.25, 0.3) is 0 Å². The Bertz CT molecular complexity index is 583. The van der Waals surface area contributed by atoms with Gasteiger partial charge in [-0.2, -0.15) is 0 Å². The zero-order chi connectivity index (χ0) is 13.9. The molecular weight excluding hydrogens is 334 g/mol. The van der Waals surface area contributed by atoms with Crippen LogP contribution < -0.4 is 5.32 Å². The molecule has 1 aliphatic rings. The van der Waals surface area contributed by atoms with Crippen molar-refractivity contribution in [3.05, 3.63) is 56.2 Å². The summed E-state index contributed by atoms with van der Waals surface area (Å²) in [6.07, 6.45) is 2.19. The average Bonchev–Trinajstić information content (AvgIpc) is 2.91. The summed E-state index contributed by atoms with van der Waals surface area (Å²) in [5.41, 5.74) is 2.79.